The van der Waals surface area contributed by atoms with Crippen molar-refractivity contribution < 1.29 is 4.42 Å². The summed E-state index contributed by atoms with van der Waals surface area (Å²) in [5, 5.41) is 4.59. The molecule has 2 rings (SSSR count). The number of furan rings is 1. The van der Waals surface area contributed by atoms with Crippen LogP contribution in [0.4, 0.5) is 5.69 Å². The van der Waals surface area contributed by atoms with Crippen molar-refractivity contribution in [2.75, 3.05) is 25.0 Å². The van der Waals surface area contributed by atoms with Gasteiger partial charge in [-0.3, -0.25) is 0 Å². The van der Waals surface area contributed by atoms with E-state index in [4.69, 9.17) is 4.42 Å². The molecule has 1 heterocycles. The lowest BCUT2D eigenvalue weighted by atomic mass is 10.2. The number of fused-ring (bicyclic) bond motifs is 1. The normalized spacial score (nSPS) is 11.3. The first-order valence-corrected chi connectivity index (χ1v) is 6.09. The number of hydrogen-bond acceptors (Lipinski definition) is 3. The molecule has 0 aliphatic rings. The van der Waals surface area contributed by atoms with Gasteiger partial charge in [0.15, 0.2) is 0 Å². The fourth-order valence-corrected chi connectivity index (χ4v) is 1.90. The first-order chi connectivity index (χ1) is 8.18. The highest BCUT2D eigenvalue weighted by Crippen LogP contribution is 2.27. The van der Waals surface area contributed by atoms with Gasteiger partial charge in [-0.05, 0) is 12.1 Å². The Kier molecular flexibility index (Phi) is 3.69. The van der Waals surface area contributed by atoms with Crippen molar-refractivity contribution in [3.63, 3.8) is 0 Å². The largest absolute Gasteiger partial charge is 0.462 e. The lowest BCUT2D eigenvalue weighted by Gasteiger charge is -2.18. The van der Waals surface area contributed by atoms with Gasteiger partial charge in [-0.1, -0.05) is 26.0 Å². The molecule has 3 nitrogen and oxygen atoms in total. The zero-order chi connectivity index (χ0) is 12.3. The highest BCUT2D eigenvalue weighted by Gasteiger charge is 2.08. The molecule has 0 unspecified atom stereocenters. The van der Waals surface area contributed by atoms with Gasteiger partial charge in [-0.25, -0.2) is 0 Å². The predicted molar refractivity (Wildman–Crippen MR) is 72.6 cm³/mol. The maximum absolute atomic E-state index is 5.54. The van der Waals surface area contributed by atoms with Crippen LogP contribution in [0, 0.1) is 0 Å². The van der Waals surface area contributed by atoms with Crippen LogP contribution in [0.1, 0.15) is 13.8 Å². The molecule has 17 heavy (non-hydrogen) atoms. The minimum Gasteiger partial charge on any atom is -0.462 e. The van der Waals surface area contributed by atoms with Gasteiger partial charge in [0.05, 0.1) is 5.69 Å². The van der Waals surface area contributed by atoms with Crippen molar-refractivity contribution in [1.82, 2.24) is 5.32 Å². The molecule has 2 aromatic rings. The van der Waals surface area contributed by atoms with Gasteiger partial charge in [0.2, 0.25) is 0 Å². The van der Waals surface area contributed by atoms with Crippen LogP contribution in [0.15, 0.2) is 34.9 Å². The topological polar surface area (TPSA) is 28.4 Å². The molecule has 1 aromatic heterocycles. The average Bonchev–Trinajstić information content (AvgIpc) is 2.72. The summed E-state index contributed by atoms with van der Waals surface area (Å²) in [4.78, 5) is 2.22. The first-order valence-electron chi connectivity index (χ1n) is 6.09. The molecule has 0 radical (unpaired) electrons. The van der Waals surface area contributed by atoms with Crippen molar-refractivity contribution in [2.24, 2.45) is 0 Å². The van der Waals surface area contributed by atoms with Gasteiger partial charge in [-0.2, -0.15) is 0 Å². The fourth-order valence-electron chi connectivity index (χ4n) is 1.90. The summed E-state index contributed by atoms with van der Waals surface area (Å²) < 4.78 is 5.54. The van der Waals surface area contributed by atoms with E-state index in [1.807, 2.05) is 24.5 Å². The van der Waals surface area contributed by atoms with Crippen LogP contribution in [0.2, 0.25) is 0 Å². The van der Waals surface area contributed by atoms with E-state index in [2.05, 4.69) is 37.2 Å². The maximum Gasteiger partial charge on any atom is 0.136 e. The Bertz CT molecular complexity index is 476. The standard InChI is InChI=1S/C14H20N2O/c1-11(2)15-8-9-16(3)13-10-17-14-7-5-4-6-12(13)14/h4-7,10-11,15H,8-9H2,1-3H3. The monoisotopic (exact) mass is 232 g/mol. The van der Waals surface area contributed by atoms with Crippen LogP contribution in [0.3, 0.4) is 0 Å². The molecule has 92 valence electrons. The van der Waals surface area contributed by atoms with Crippen molar-refractivity contribution >= 4 is 16.7 Å². The number of likely N-dealkylation sites (N-methyl/N-ethyl adjacent to an activating group) is 1. The molecule has 0 atom stereocenters. The zero-order valence-electron chi connectivity index (χ0n) is 10.7. The van der Waals surface area contributed by atoms with E-state index in [0.29, 0.717) is 6.04 Å². The van der Waals surface area contributed by atoms with Gasteiger partial charge in [0, 0.05) is 31.6 Å². The Balaban J connectivity index is 2.06. The van der Waals surface area contributed by atoms with Crippen LogP contribution >= 0.6 is 0 Å². The van der Waals surface area contributed by atoms with Crippen molar-refractivity contribution in [2.45, 2.75) is 19.9 Å². The molecule has 0 saturated carbocycles. The van der Waals surface area contributed by atoms with Gasteiger partial charge in [0.1, 0.15) is 11.8 Å². The Morgan fingerprint density at radius 1 is 1.29 bits per heavy atom. The van der Waals surface area contributed by atoms with E-state index >= 15 is 0 Å². The number of anilines is 1. The molecule has 0 aliphatic heterocycles. The molecule has 3 heteroatoms. The second-order valence-electron chi connectivity index (χ2n) is 4.65. The Labute approximate surface area is 102 Å². The lowest BCUT2D eigenvalue weighted by molar-refractivity contribution is 0.586. The third kappa shape index (κ3) is 2.80. The molecule has 0 aliphatic carbocycles. The van der Waals surface area contributed by atoms with Gasteiger partial charge >= 0.3 is 0 Å². The zero-order valence-corrected chi connectivity index (χ0v) is 10.7. The Hall–Kier alpha value is -1.48. The van der Waals surface area contributed by atoms with Gasteiger partial charge in [0.25, 0.3) is 0 Å². The van der Waals surface area contributed by atoms with E-state index in [9.17, 15) is 0 Å². The summed E-state index contributed by atoms with van der Waals surface area (Å²) in [6, 6.07) is 8.67. The van der Waals surface area contributed by atoms with E-state index in [0.717, 1.165) is 24.4 Å². The van der Waals surface area contributed by atoms with Crippen LogP contribution in [-0.4, -0.2) is 26.2 Å². The molecule has 0 bridgehead atoms. The van der Waals surface area contributed by atoms with Gasteiger partial charge < -0.3 is 14.6 Å². The van der Waals surface area contributed by atoms with E-state index in [1.165, 1.54) is 5.39 Å². The SMILES string of the molecule is CC(C)NCCN(C)c1coc2ccccc12. The third-order valence-electron chi connectivity index (χ3n) is 2.87. The molecule has 0 fully saturated rings. The number of benzene rings is 1. The van der Waals surface area contributed by atoms with E-state index in [-0.39, 0.29) is 0 Å². The molecule has 1 N–H and O–H groups in total. The number of nitrogens with zero attached hydrogens (tertiary/aromatic N) is 1. The van der Waals surface area contributed by atoms with E-state index < -0.39 is 0 Å². The van der Waals surface area contributed by atoms with Crippen molar-refractivity contribution in [3.8, 4) is 0 Å². The first kappa shape index (κ1) is 12.0. The van der Waals surface area contributed by atoms with Crippen LogP contribution in [-0.2, 0) is 0 Å². The minimum atomic E-state index is 0.532. The quantitative estimate of drug-likeness (QED) is 0.859. The second-order valence-corrected chi connectivity index (χ2v) is 4.65. The van der Waals surface area contributed by atoms with E-state index in [1.54, 1.807) is 0 Å². The number of hydrogen-bond donors (Lipinski definition) is 1. The Morgan fingerprint density at radius 3 is 2.82 bits per heavy atom. The van der Waals surface area contributed by atoms with Crippen LogP contribution in [0.5, 0.6) is 0 Å². The Morgan fingerprint density at radius 2 is 2.06 bits per heavy atom. The average molecular weight is 232 g/mol. The van der Waals surface area contributed by atoms with Crippen molar-refractivity contribution in [3.05, 3.63) is 30.5 Å². The fraction of sp³-hybridized carbons (Fsp3) is 0.429. The summed E-state index contributed by atoms with van der Waals surface area (Å²) in [7, 11) is 2.10. The highest BCUT2D eigenvalue weighted by atomic mass is 16.3. The molecule has 0 saturated heterocycles. The summed E-state index contributed by atoms with van der Waals surface area (Å²) in [6.07, 6.45) is 1.83. The molecule has 0 amide bonds. The number of para-hydroxylation sites is 1. The smallest absolute Gasteiger partial charge is 0.136 e. The number of nitrogens with one attached hydrogen (secondary N) is 1. The molecule has 1 aromatic carbocycles. The molecular weight excluding hydrogens is 212 g/mol. The predicted octanol–water partition coefficient (Wildman–Crippen LogP) is 2.87. The second kappa shape index (κ2) is 5.23. The summed E-state index contributed by atoms with van der Waals surface area (Å²) in [5.74, 6) is 0. The number of rotatable bonds is 5. The lowest BCUT2D eigenvalue weighted by Crippen LogP contribution is -2.32. The third-order valence-corrected chi connectivity index (χ3v) is 2.87. The highest BCUT2D eigenvalue weighted by molar-refractivity contribution is 5.90. The maximum atomic E-state index is 5.54. The van der Waals surface area contributed by atoms with Crippen molar-refractivity contribution in [1.29, 1.82) is 0 Å². The van der Waals surface area contributed by atoms with Crippen LogP contribution in [0.25, 0.3) is 11.0 Å². The summed E-state index contributed by atoms with van der Waals surface area (Å²) in [6.45, 7) is 6.27. The van der Waals surface area contributed by atoms with Crippen LogP contribution < -0.4 is 10.2 Å². The minimum absolute atomic E-state index is 0.532. The molecule has 0 spiro atoms. The summed E-state index contributed by atoms with van der Waals surface area (Å²) >= 11 is 0. The summed E-state index contributed by atoms with van der Waals surface area (Å²) in [5.41, 5.74) is 2.11. The molecular formula is C14H20N2O. The van der Waals surface area contributed by atoms with Gasteiger partial charge in [-0.15, -0.1) is 0 Å².